The van der Waals surface area contributed by atoms with Crippen LogP contribution in [0.15, 0.2) is 42.5 Å². The lowest BCUT2D eigenvalue weighted by Gasteiger charge is -2.36. The van der Waals surface area contributed by atoms with Crippen molar-refractivity contribution in [1.82, 2.24) is 13.5 Å². The van der Waals surface area contributed by atoms with Crippen molar-refractivity contribution in [3.63, 3.8) is 0 Å². The predicted molar refractivity (Wildman–Crippen MR) is 111 cm³/mol. The Morgan fingerprint density at radius 1 is 1.10 bits per heavy atom. The number of rotatable bonds is 5. The fourth-order valence-corrected chi connectivity index (χ4v) is 4.84. The number of carbonyl (C=O) groups is 1. The zero-order valence-corrected chi connectivity index (χ0v) is 18.0. The van der Waals surface area contributed by atoms with Crippen LogP contribution in [0.5, 0.6) is 0 Å². The zero-order chi connectivity index (χ0) is 21.2. The van der Waals surface area contributed by atoms with E-state index in [0.717, 1.165) is 4.31 Å². The molecule has 1 amide bonds. The van der Waals surface area contributed by atoms with E-state index in [0.29, 0.717) is 10.6 Å². The first-order valence-electron chi connectivity index (χ1n) is 8.89. The van der Waals surface area contributed by atoms with Crippen molar-refractivity contribution in [2.24, 2.45) is 0 Å². The molecule has 0 bridgehead atoms. The number of piperazine rings is 1. The molecule has 0 radical (unpaired) electrons. The lowest BCUT2D eigenvalue weighted by molar-refractivity contribution is 0.0694. The number of amides is 1. The maximum absolute atomic E-state index is 14.0. The zero-order valence-electron chi connectivity index (χ0n) is 15.7. The van der Waals surface area contributed by atoms with Crippen molar-refractivity contribution in [2.75, 3.05) is 33.2 Å². The van der Waals surface area contributed by atoms with Crippen LogP contribution in [0.2, 0.25) is 10.0 Å². The van der Waals surface area contributed by atoms with Crippen molar-refractivity contribution in [3.05, 3.63) is 69.5 Å². The average molecular weight is 460 g/mol. The summed E-state index contributed by atoms with van der Waals surface area (Å²) in [5.41, 5.74) is 0.579. The number of hydrogen-bond acceptors (Lipinski definition) is 3. The summed E-state index contributed by atoms with van der Waals surface area (Å²) in [7, 11) is -2.46. The molecule has 0 aliphatic carbocycles. The van der Waals surface area contributed by atoms with Crippen molar-refractivity contribution in [2.45, 2.75) is 6.54 Å². The second-order valence-corrected chi connectivity index (χ2v) is 9.54. The van der Waals surface area contributed by atoms with Gasteiger partial charge >= 0.3 is 0 Å². The van der Waals surface area contributed by atoms with Crippen LogP contribution >= 0.6 is 23.2 Å². The molecule has 156 valence electrons. The number of benzene rings is 2. The number of hydrogen-bond donors (Lipinski definition) is 0. The summed E-state index contributed by atoms with van der Waals surface area (Å²) in [5, 5.41) is 0.634. The molecule has 1 fully saturated rings. The second kappa shape index (κ2) is 8.97. The molecule has 0 spiro atoms. The van der Waals surface area contributed by atoms with E-state index < -0.39 is 16.0 Å². The lowest BCUT2D eigenvalue weighted by atomic mass is 10.2. The third-order valence-corrected chi connectivity index (χ3v) is 7.28. The minimum atomic E-state index is -3.83. The number of halogens is 3. The Morgan fingerprint density at radius 3 is 2.38 bits per heavy atom. The second-order valence-electron chi connectivity index (χ2n) is 6.67. The van der Waals surface area contributed by atoms with Crippen molar-refractivity contribution >= 4 is 39.3 Å². The van der Waals surface area contributed by atoms with Gasteiger partial charge in [-0.3, -0.25) is 4.79 Å². The maximum Gasteiger partial charge on any atom is 0.282 e. The van der Waals surface area contributed by atoms with Crippen LogP contribution in [0.25, 0.3) is 0 Å². The van der Waals surface area contributed by atoms with E-state index in [1.54, 1.807) is 29.2 Å². The molecule has 3 rings (SSSR count). The van der Waals surface area contributed by atoms with E-state index in [-0.39, 0.29) is 49.2 Å². The van der Waals surface area contributed by atoms with Crippen LogP contribution in [0.1, 0.15) is 15.9 Å². The molecule has 10 heteroatoms. The highest BCUT2D eigenvalue weighted by Crippen LogP contribution is 2.23. The third kappa shape index (κ3) is 4.90. The minimum absolute atomic E-state index is 0.120. The van der Waals surface area contributed by atoms with Gasteiger partial charge in [0.2, 0.25) is 0 Å². The summed E-state index contributed by atoms with van der Waals surface area (Å²) < 4.78 is 42.1. The molecule has 0 atom stereocenters. The van der Waals surface area contributed by atoms with Gasteiger partial charge in [0.25, 0.3) is 16.1 Å². The van der Waals surface area contributed by atoms with Crippen molar-refractivity contribution < 1.29 is 17.6 Å². The fraction of sp³-hybridized carbons (Fsp3) is 0.316. The van der Waals surface area contributed by atoms with E-state index in [4.69, 9.17) is 23.2 Å². The van der Waals surface area contributed by atoms with E-state index in [1.807, 2.05) is 0 Å². The molecule has 2 aromatic rings. The monoisotopic (exact) mass is 459 g/mol. The SMILES string of the molecule is CN(Cc1c(F)cccc1Cl)S(=O)(=O)N1CCN(C(=O)c2cccc(Cl)c2)CC1. The van der Waals surface area contributed by atoms with Gasteiger partial charge in [0.05, 0.1) is 0 Å². The van der Waals surface area contributed by atoms with Gasteiger partial charge in [-0.15, -0.1) is 0 Å². The van der Waals surface area contributed by atoms with E-state index >= 15 is 0 Å². The predicted octanol–water partition coefficient (Wildman–Crippen LogP) is 3.27. The van der Waals surface area contributed by atoms with E-state index in [1.165, 1.54) is 29.6 Å². The molecule has 1 saturated heterocycles. The summed E-state index contributed by atoms with van der Waals surface area (Å²) in [4.78, 5) is 14.2. The standard InChI is InChI=1S/C19H20Cl2FN3O3S/c1-23(13-16-17(21)6-3-7-18(16)22)29(27,28)25-10-8-24(9-11-25)19(26)14-4-2-5-15(20)12-14/h2-7,12H,8-11,13H2,1H3. The Labute approximate surface area is 179 Å². The Bertz CT molecular complexity index is 991. The summed E-state index contributed by atoms with van der Waals surface area (Å²) in [6, 6.07) is 10.8. The normalized spacial score (nSPS) is 15.7. The van der Waals surface area contributed by atoms with Gasteiger partial charge in [-0.2, -0.15) is 17.0 Å². The van der Waals surface area contributed by atoms with Crippen LogP contribution in [0, 0.1) is 5.82 Å². The topological polar surface area (TPSA) is 60.9 Å². The fourth-order valence-electron chi connectivity index (χ4n) is 3.11. The molecule has 0 saturated carbocycles. The smallest absolute Gasteiger partial charge is 0.282 e. The van der Waals surface area contributed by atoms with Crippen molar-refractivity contribution in [1.29, 1.82) is 0 Å². The first-order valence-corrected chi connectivity index (χ1v) is 11.0. The Balaban J connectivity index is 1.65. The Kier molecular flexibility index (Phi) is 6.80. The maximum atomic E-state index is 14.0. The minimum Gasteiger partial charge on any atom is -0.336 e. The molecule has 2 aromatic carbocycles. The molecule has 29 heavy (non-hydrogen) atoms. The summed E-state index contributed by atoms with van der Waals surface area (Å²) in [6.07, 6.45) is 0. The molecule has 6 nitrogen and oxygen atoms in total. The van der Waals surface area contributed by atoms with Crippen molar-refractivity contribution in [3.8, 4) is 0 Å². The van der Waals surface area contributed by atoms with E-state index in [2.05, 4.69) is 0 Å². The van der Waals surface area contributed by atoms with Crippen LogP contribution in [-0.2, 0) is 16.8 Å². The molecular formula is C19H20Cl2FN3O3S. The number of carbonyl (C=O) groups excluding carboxylic acids is 1. The van der Waals surface area contributed by atoms with Gasteiger partial charge in [0.1, 0.15) is 5.82 Å². The van der Waals surface area contributed by atoms with Gasteiger partial charge in [0.15, 0.2) is 0 Å². The van der Waals surface area contributed by atoms with E-state index in [9.17, 15) is 17.6 Å². The first kappa shape index (κ1) is 22.0. The molecule has 1 heterocycles. The van der Waals surface area contributed by atoms with Crippen LogP contribution < -0.4 is 0 Å². The lowest BCUT2D eigenvalue weighted by Crippen LogP contribution is -2.53. The molecule has 0 aromatic heterocycles. The highest BCUT2D eigenvalue weighted by molar-refractivity contribution is 7.86. The largest absolute Gasteiger partial charge is 0.336 e. The summed E-state index contributed by atoms with van der Waals surface area (Å²) in [5.74, 6) is -0.757. The first-order chi connectivity index (χ1) is 13.7. The molecule has 1 aliphatic heterocycles. The Morgan fingerprint density at radius 2 is 1.76 bits per heavy atom. The Hall–Kier alpha value is -1.71. The van der Waals surface area contributed by atoms with Crippen LogP contribution in [0.4, 0.5) is 4.39 Å². The van der Waals surface area contributed by atoms with Crippen LogP contribution in [0.3, 0.4) is 0 Å². The van der Waals surface area contributed by atoms with Gasteiger partial charge in [-0.1, -0.05) is 35.3 Å². The van der Waals surface area contributed by atoms with Crippen LogP contribution in [-0.4, -0.2) is 61.1 Å². The summed E-state index contributed by atoms with van der Waals surface area (Å²) >= 11 is 11.9. The molecule has 0 N–H and O–H groups in total. The highest BCUT2D eigenvalue weighted by Gasteiger charge is 2.32. The quantitative estimate of drug-likeness (QED) is 0.689. The highest BCUT2D eigenvalue weighted by atomic mass is 35.5. The van der Waals surface area contributed by atoms with Gasteiger partial charge in [-0.25, -0.2) is 4.39 Å². The molecular weight excluding hydrogens is 440 g/mol. The van der Waals surface area contributed by atoms with Gasteiger partial charge < -0.3 is 4.90 Å². The average Bonchev–Trinajstić information content (AvgIpc) is 2.70. The number of nitrogens with zero attached hydrogens (tertiary/aromatic N) is 3. The molecule has 1 aliphatic rings. The van der Waals surface area contributed by atoms with Gasteiger partial charge in [0, 0.05) is 60.9 Å². The van der Waals surface area contributed by atoms with Gasteiger partial charge in [-0.05, 0) is 30.3 Å². The third-order valence-electron chi connectivity index (χ3n) is 4.76. The summed E-state index contributed by atoms with van der Waals surface area (Å²) in [6.45, 7) is 0.598. The molecule has 0 unspecified atom stereocenters.